The third-order valence-corrected chi connectivity index (χ3v) is 2.91. The molecule has 0 bridgehead atoms. The number of hydrogen-bond acceptors (Lipinski definition) is 3. The van der Waals surface area contributed by atoms with E-state index in [9.17, 15) is 4.79 Å². The van der Waals surface area contributed by atoms with Crippen molar-refractivity contribution in [1.29, 1.82) is 10.5 Å². The van der Waals surface area contributed by atoms with Crippen molar-refractivity contribution < 1.29 is 4.79 Å². The van der Waals surface area contributed by atoms with Gasteiger partial charge < -0.3 is 10.6 Å². The topological polar surface area (TPSA) is 88.7 Å². The Morgan fingerprint density at radius 1 is 1.33 bits per heavy atom. The molecule has 0 unspecified atom stereocenters. The van der Waals surface area contributed by atoms with Gasteiger partial charge in [0.1, 0.15) is 0 Å². The van der Waals surface area contributed by atoms with E-state index in [1.54, 1.807) is 24.3 Å². The quantitative estimate of drug-likeness (QED) is 0.828. The van der Waals surface area contributed by atoms with Gasteiger partial charge in [-0.05, 0) is 31.0 Å². The van der Waals surface area contributed by atoms with E-state index >= 15 is 0 Å². The molecule has 5 heteroatoms. The Morgan fingerprint density at radius 2 is 2.11 bits per heavy atom. The van der Waals surface area contributed by atoms with Crippen LogP contribution >= 0.6 is 0 Å². The molecule has 0 radical (unpaired) electrons. The molecule has 5 nitrogen and oxygen atoms in total. The summed E-state index contributed by atoms with van der Waals surface area (Å²) >= 11 is 0. The van der Waals surface area contributed by atoms with E-state index in [0.717, 1.165) is 0 Å². The molecule has 1 aliphatic carbocycles. The van der Waals surface area contributed by atoms with Crippen molar-refractivity contribution in [3.8, 4) is 12.1 Å². The fourth-order valence-corrected chi connectivity index (χ4v) is 1.86. The predicted molar refractivity (Wildman–Crippen MR) is 65.4 cm³/mol. The molecule has 1 aromatic carbocycles. The van der Waals surface area contributed by atoms with E-state index in [0.29, 0.717) is 24.1 Å². The second-order valence-corrected chi connectivity index (χ2v) is 4.29. The van der Waals surface area contributed by atoms with Crippen LogP contribution in [0.1, 0.15) is 18.4 Å². The van der Waals surface area contributed by atoms with Gasteiger partial charge in [-0.2, -0.15) is 10.5 Å². The highest BCUT2D eigenvalue weighted by molar-refractivity contribution is 5.89. The van der Waals surface area contributed by atoms with Gasteiger partial charge in [0.05, 0.1) is 23.6 Å². The maximum Gasteiger partial charge on any atom is 0.319 e. The first-order chi connectivity index (χ1) is 8.71. The Balaban J connectivity index is 1.85. The highest BCUT2D eigenvalue weighted by Gasteiger charge is 2.29. The summed E-state index contributed by atoms with van der Waals surface area (Å²) < 4.78 is 0. The first-order valence-corrected chi connectivity index (χ1v) is 5.68. The number of nitrogens with zero attached hydrogens (tertiary/aromatic N) is 2. The van der Waals surface area contributed by atoms with Crippen molar-refractivity contribution >= 4 is 11.7 Å². The van der Waals surface area contributed by atoms with Crippen LogP contribution in [-0.2, 0) is 0 Å². The lowest BCUT2D eigenvalue weighted by Gasteiger charge is -2.31. The van der Waals surface area contributed by atoms with Crippen LogP contribution in [0.2, 0.25) is 0 Å². The maximum atomic E-state index is 11.6. The van der Waals surface area contributed by atoms with Gasteiger partial charge >= 0.3 is 6.03 Å². The molecule has 0 aromatic heterocycles. The van der Waals surface area contributed by atoms with Crippen LogP contribution < -0.4 is 10.6 Å². The summed E-state index contributed by atoms with van der Waals surface area (Å²) in [6.07, 6.45) is 1.42. The van der Waals surface area contributed by atoms with E-state index in [-0.39, 0.29) is 18.0 Å². The lowest BCUT2D eigenvalue weighted by molar-refractivity contribution is 0.230. The second kappa shape index (κ2) is 5.20. The van der Waals surface area contributed by atoms with Gasteiger partial charge in [0.25, 0.3) is 0 Å². The number of rotatable bonds is 2. The summed E-state index contributed by atoms with van der Waals surface area (Å²) in [5.41, 5.74) is 1.09. The van der Waals surface area contributed by atoms with Crippen LogP contribution in [-0.4, -0.2) is 12.1 Å². The molecule has 0 atom stereocenters. The molecule has 2 rings (SSSR count). The molecule has 18 heavy (non-hydrogen) atoms. The SMILES string of the molecule is N#Cc1cccc(NC(=O)NC2CC(C#N)C2)c1. The molecule has 0 heterocycles. The van der Waals surface area contributed by atoms with Crippen LogP contribution in [0.25, 0.3) is 0 Å². The van der Waals surface area contributed by atoms with Crippen LogP contribution in [0, 0.1) is 28.6 Å². The molecule has 90 valence electrons. The molecule has 1 fully saturated rings. The van der Waals surface area contributed by atoms with E-state index in [1.165, 1.54) is 0 Å². The van der Waals surface area contributed by atoms with Crippen molar-refractivity contribution in [3.63, 3.8) is 0 Å². The van der Waals surface area contributed by atoms with E-state index in [1.807, 2.05) is 6.07 Å². The van der Waals surface area contributed by atoms with Gasteiger partial charge in [-0.15, -0.1) is 0 Å². The Kier molecular flexibility index (Phi) is 3.45. The molecule has 1 saturated carbocycles. The van der Waals surface area contributed by atoms with Crippen LogP contribution in [0.4, 0.5) is 10.5 Å². The number of carbonyl (C=O) groups is 1. The summed E-state index contributed by atoms with van der Waals surface area (Å²) in [4.78, 5) is 11.6. The maximum absolute atomic E-state index is 11.6. The first-order valence-electron chi connectivity index (χ1n) is 5.68. The number of urea groups is 1. The highest BCUT2D eigenvalue weighted by atomic mass is 16.2. The normalized spacial score (nSPS) is 21.0. The molecule has 0 aliphatic heterocycles. The number of anilines is 1. The van der Waals surface area contributed by atoms with Gasteiger partial charge in [0.15, 0.2) is 0 Å². The standard InChI is InChI=1S/C13H12N4O/c14-7-9-2-1-3-11(4-9)16-13(18)17-12-5-10(6-12)8-15/h1-4,10,12H,5-6H2,(H2,16,17,18). The van der Waals surface area contributed by atoms with Gasteiger partial charge in [-0.25, -0.2) is 4.79 Å². The van der Waals surface area contributed by atoms with Gasteiger partial charge in [-0.1, -0.05) is 6.07 Å². The third kappa shape index (κ3) is 2.78. The monoisotopic (exact) mass is 240 g/mol. The average molecular weight is 240 g/mol. The minimum absolute atomic E-state index is 0.0669. The molecule has 1 aromatic rings. The average Bonchev–Trinajstić information content (AvgIpc) is 2.33. The number of benzene rings is 1. The van der Waals surface area contributed by atoms with E-state index in [4.69, 9.17) is 10.5 Å². The third-order valence-electron chi connectivity index (χ3n) is 2.91. The molecule has 0 spiro atoms. The van der Waals surface area contributed by atoms with Crippen LogP contribution in [0.15, 0.2) is 24.3 Å². The number of nitriles is 2. The summed E-state index contributed by atoms with van der Waals surface area (Å²) in [5.74, 6) is 0.0669. The zero-order chi connectivity index (χ0) is 13.0. The number of nitrogens with one attached hydrogen (secondary N) is 2. The molecular weight excluding hydrogens is 228 g/mol. The second-order valence-electron chi connectivity index (χ2n) is 4.29. The fraction of sp³-hybridized carbons (Fsp3) is 0.308. The fourth-order valence-electron chi connectivity index (χ4n) is 1.86. The summed E-state index contributed by atoms with van der Waals surface area (Å²) in [6, 6.07) is 10.7. The minimum Gasteiger partial charge on any atom is -0.335 e. The van der Waals surface area contributed by atoms with Crippen molar-refractivity contribution in [2.24, 2.45) is 5.92 Å². The number of carbonyl (C=O) groups excluding carboxylic acids is 1. The Labute approximate surface area is 105 Å². The van der Waals surface area contributed by atoms with E-state index < -0.39 is 0 Å². The zero-order valence-electron chi connectivity index (χ0n) is 9.68. The van der Waals surface area contributed by atoms with E-state index in [2.05, 4.69) is 16.7 Å². The van der Waals surface area contributed by atoms with Crippen molar-refractivity contribution in [1.82, 2.24) is 5.32 Å². The molecule has 2 amide bonds. The Bertz CT molecular complexity index is 535. The molecule has 1 aliphatic rings. The highest BCUT2D eigenvalue weighted by Crippen LogP contribution is 2.26. The summed E-state index contributed by atoms with van der Waals surface area (Å²) in [5, 5.41) is 22.8. The smallest absolute Gasteiger partial charge is 0.319 e. The lowest BCUT2D eigenvalue weighted by atomic mass is 9.81. The number of amides is 2. The Hall–Kier alpha value is -2.53. The van der Waals surface area contributed by atoms with Crippen LogP contribution in [0.5, 0.6) is 0 Å². The first kappa shape index (κ1) is 11.9. The predicted octanol–water partition coefficient (Wildman–Crippen LogP) is 1.98. The molecular formula is C13H12N4O. The van der Waals surface area contributed by atoms with Gasteiger partial charge in [-0.3, -0.25) is 0 Å². The Morgan fingerprint density at radius 3 is 2.78 bits per heavy atom. The van der Waals surface area contributed by atoms with Gasteiger partial charge in [0.2, 0.25) is 0 Å². The van der Waals surface area contributed by atoms with Gasteiger partial charge in [0, 0.05) is 11.7 Å². The van der Waals surface area contributed by atoms with Crippen molar-refractivity contribution in [2.45, 2.75) is 18.9 Å². The zero-order valence-corrected chi connectivity index (χ0v) is 9.68. The minimum atomic E-state index is -0.300. The lowest BCUT2D eigenvalue weighted by Crippen LogP contribution is -2.45. The molecule has 0 saturated heterocycles. The van der Waals surface area contributed by atoms with Crippen molar-refractivity contribution in [3.05, 3.63) is 29.8 Å². The number of hydrogen-bond donors (Lipinski definition) is 2. The van der Waals surface area contributed by atoms with Crippen LogP contribution in [0.3, 0.4) is 0 Å². The van der Waals surface area contributed by atoms with Crippen molar-refractivity contribution in [2.75, 3.05) is 5.32 Å². The summed E-state index contributed by atoms with van der Waals surface area (Å²) in [7, 11) is 0. The largest absolute Gasteiger partial charge is 0.335 e. The molecule has 2 N–H and O–H groups in total. The summed E-state index contributed by atoms with van der Waals surface area (Å²) in [6.45, 7) is 0.